The first-order chi connectivity index (χ1) is 9.58. The topological polar surface area (TPSA) is 80.0 Å². The zero-order valence-corrected chi connectivity index (χ0v) is 11.6. The van der Waals surface area contributed by atoms with Gasteiger partial charge in [-0.1, -0.05) is 24.6 Å². The quantitative estimate of drug-likeness (QED) is 0.797. The van der Waals surface area contributed by atoms with E-state index in [1.165, 1.54) is 5.56 Å². The number of aromatic nitrogens is 1. The second-order valence-electron chi connectivity index (χ2n) is 4.52. The fourth-order valence-electron chi connectivity index (χ4n) is 1.67. The average Bonchev–Trinajstić information content (AvgIpc) is 2.44. The molecule has 0 saturated carbocycles. The van der Waals surface area contributed by atoms with Crippen molar-refractivity contribution in [2.75, 3.05) is 16.4 Å². The zero-order chi connectivity index (χ0) is 14.5. The molecule has 0 unspecified atom stereocenters. The minimum Gasteiger partial charge on any atom is -0.382 e. The van der Waals surface area contributed by atoms with E-state index in [4.69, 9.17) is 5.73 Å². The minimum atomic E-state index is -0.0854. The van der Waals surface area contributed by atoms with E-state index in [-0.39, 0.29) is 5.91 Å². The van der Waals surface area contributed by atoms with Crippen molar-refractivity contribution in [2.45, 2.75) is 20.3 Å². The number of nitrogen functional groups attached to an aromatic ring is 1. The molecule has 5 heteroatoms. The summed E-state index contributed by atoms with van der Waals surface area (Å²) in [4.78, 5) is 15.6. The number of carbonyl (C=O) groups excluding carboxylic acids is 1. The number of carbonyl (C=O) groups is 1. The summed E-state index contributed by atoms with van der Waals surface area (Å²) in [6, 6.07) is 11.5. The van der Waals surface area contributed by atoms with E-state index < -0.39 is 0 Å². The van der Waals surface area contributed by atoms with E-state index >= 15 is 0 Å². The fourth-order valence-corrected chi connectivity index (χ4v) is 1.67. The van der Waals surface area contributed by atoms with Crippen LogP contribution in [0.3, 0.4) is 0 Å². The maximum absolute atomic E-state index is 11.3. The van der Waals surface area contributed by atoms with Gasteiger partial charge >= 0.3 is 0 Å². The van der Waals surface area contributed by atoms with E-state index in [0.717, 1.165) is 5.69 Å². The number of amides is 1. The maximum Gasteiger partial charge on any atom is 0.224 e. The number of rotatable bonds is 4. The first kappa shape index (κ1) is 13.9. The molecule has 104 valence electrons. The van der Waals surface area contributed by atoms with Crippen molar-refractivity contribution in [3.63, 3.8) is 0 Å². The second kappa shape index (κ2) is 6.06. The Morgan fingerprint density at radius 1 is 1.20 bits per heavy atom. The Morgan fingerprint density at radius 3 is 2.50 bits per heavy atom. The molecule has 0 aliphatic heterocycles. The Morgan fingerprint density at radius 2 is 1.90 bits per heavy atom. The van der Waals surface area contributed by atoms with Gasteiger partial charge in [0.25, 0.3) is 0 Å². The Balaban J connectivity index is 2.12. The molecule has 0 atom stereocenters. The van der Waals surface area contributed by atoms with Gasteiger partial charge in [0, 0.05) is 12.1 Å². The van der Waals surface area contributed by atoms with Gasteiger partial charge in [0.15, 0.2) is 0 Å². The van der Waals surface area contributed by atoms with Crippen LogP contribution in [0.15, 0.2) is 36.4 Å². The summed E-state index contributed by atoms with van der Waals surface area (Å²) in [6.07, 6.45) is 0.406. The standard InChI is InChI=1S/C15H18N4O/c1-3-14(20)18-12-8-9-13(19-15(12)16)17-11-6-4-10(2)5-7-11/h4-9H,3H2,1-2H3,(H,18,20)(H3,16,17,19). The van der Waals surface area contributed by atoms with Gasteiger partial charge in [0.05, 0.1) is 5.69 Å². The number of anilines is 4. The molecule has 2 aromatic rings. The van der Waals surface area contributed by atoms with Crippen molar-refractivity contribution in [3.05, 3.63) is 42.0 Å². The molecular weight excluding hydrogens is 252 g/mol. The van der Waals surface area contributed by atoms with Crippen molar-refractivity contribution < 1.29 is 4.79 Å². The summed E-state index contributed by atoms with van der Waals surface area (Å²) in [5.41, 5.74) is 8.50. The minimum absolute atomic E-state index is 0.0854. The predicted molar refractivity (Wildman–Crippen MR) is 82.0 cm³/mol. The highest BCUT2D eigenvalue weighted by molar-refractivity contribution is 5.93. The Labute approximate surface area is 118 Å². The fraction of sp³-hybridized carbons (Fsp3) is 0.200. The predicted octanol–water partition coefficient (Wildman–Crippen LogP) is 3.06. The summed E-state index contributed by atoms with van der Waals surface area (Å²) in [6.45, 7) is 3.82. The second-order valence-corrected chi connectivity index (χ2v) is 4.52. The molecule has 5 nitrogen and oxygen atoms in total. The van der Waals surface area contributed by atoms with Crippen LogP contribution in [0.1, 0.15) is 18.9 Å². The van der Waals surface area contributed by atoms with Gasteiger partial charge in [0.1, 0.15) is 11.6 Å². The smallest absolute Gasteiger partial charge is 0.224 e. The van der Waals surface area contributed by atoms with Crippen LogP contribution in [0.25, 0.3) is 0 Å². The molecule has 0 saturated heterocycles. The number of aryl methyl sites for hydroxylation is 1. The van der Waals surface area contributed by atoms with E-state index in [0.29, 0.717) is 23.7 Å². The number of nitrogens with zero attached hydrogens (tertiary/aromatic N) is 1. The number of nitrogens with two attached hydrogens (primary N) is 1. The Bertz CT molecular complexity index is 608. The van der Waals surface area contributed by atoms with Gasteiger partial charge < -0.3 is 16.4 Å². The van der Waals surface area contributed by atoms with E-state index in [9.17, 15) is 4.79 Å². The van der Waals surface area contributed by atoms with Crippen molar-refractivity contribution in [2.24, 2.45) is 0 Å². The summed E-state index contributed by atoms with van der Waals surface area (Å²) >= 11 is 0. The molecule has 1 aromatic heterocycles. The molecular formula is C15H18N4O. The monoisotopic (exact) mass is 270 g/mol. The molecule has 0 radical (unpaired) electrons. The van der Waals surface area contributed by atoms with Crippen LogP contribution >= 0.6 is 0 Å². The third-order valence-corrected chi connectivity index (χ3v) is 2.84. The zero-order valence-electron chi connectivity index (χ0n) is 11.6. The number of benzene rings is 1. The normalized spacial score (nSPS) is 10.1. The molecule has 0 spiro atoms. The van der Waals surface area contributed by atoms with E-state index in [2.05, 4.69) is 15.6 Å². The lowest BCUT2D eigenvalue weighted by molar-refractivity contribution is -0.115. The lowest BCUT2D eigenvalue weighted by Gasteiger charge is -2.10. The molecule has 0 aliphatic carbocycles. The van der Waals surface area contributed by atoms with Crippen LogP contribution in [-0.4, -0.2) is 10.9 Å². The highest BCUT2D eigenvalue weighted by atomic mass is 16.1. The van der Waals surface area contributed by atoms with Crippen molar-refractivity contribution in [3.8, 4) is 0 Å². The summed E-state index contributed by atoms with van der Waals surface area (Å²) in [5.74, 6) is 0.850. The maximum atomic E-state index is 11.3. The molecule has 0 bridgehead atoms. The number of nitrogens with one attached hydrogen (secondary N) is 2. The van der Waals surface area contributed by atoms with Gasteiger partial charge in [-0.2, -0.15) is 0 Å². The molecule has 2 rings (SSSR count). The molecule has 1 amide bonds. The lowest BCUT2D eigenvalue weighted by Crippen LogP contribution is -2.12. The van der Waals surface area contributed by atoms with Crippen molar-refractivity contribution in [1.29, 1.82) is 0 Å². The average molecular weight is 270 g/mol. The van der Waals surface area contributed by atoms with Gasteiger partial charge in [-0.25, -0.2) is 4.98 Å². The SMILES string of the molecule is CCC(=O)Nc1ccc(Nc2ccc(C)cc2)nc1N. The summed E-state index contributed by atoms with van der Waals surface area (Å²) in [7, 11) is 0. The summed E-state index contributed by atoms with van der Waals surface area (Å²) < 4.78 is 0. The third kappa shape index (κ3) is 3.47. The Kier molecular flexibility index (Phi) is 4.20. The van der Waals surface area contributed by atoms with Gasteiger partial charge in [0.2, 0.25) is 5.91 Å². The lowest BCUT2D eigenvalue weighted by atomic mass is 10.2. The molecule has 4 N–H and O–H groups in total. The van der Waals surface area contributed by atoms with Crippen molar-refractivity contribution >= 4 is 28.9 Å². The molecule has 20 heavy (non-hydrogen) atoms. The molecule has 1 heterocycles. The van der Waals surface area contributed by atoms with Crippen LogP contribution in [0.2, 0.25) is 0 Å². The third-order valence-electron chi connectivity index (χ3n) is 2.84. The number of hydrogen-bond donors (Lipinski definition) is 3. The van der Waals surface area contributed by atoms with Gasteiger partial charge in [-0.15, -0.1) is 0 Å². The molecule has 0 fully saturated rings. The van der Waals surface area contributed by atoms with Crippen LogP contribution in [0, 0.1) is 6.92 Å². The van der Waals surface area contributed by atoms with E-state index in [1.807, 2.05) is 31.2 Å². The number of hydrogen-bond acceptors (Lipinski definition) is 4. The van der Waals surface area contributed by atoms with Crippen LogP contribution < -0.4 is 16.4 Å². The van der Waals surface area contributed by atoms with Crippen LogP contribution in [0.5, 0.6) is 0 Å². The van der Waals surface area contributed by atoms with Crippen LogP contribution in [0.4, 0.5) is 23.0 Å². The van der Waals surface area contributed by atoms with E-state index in [1.54, 1.807) is 19.1 Å². The Hall–Kier alpha value is -2.56. The van der Waals surface area contributed by atoms with Gasteiger partial charge in [-0.3, -0.25) is 4.79 Å². The molecule has 0 aliphatic rings. The molecule has 1 aromatic carbocycles. The highest BCUT2D eigenvalue weighted by Gasteiger charge is 2.05. The van der Waals surface area contributed by atoms with Crippen molar-refractivity contribution in [1.82, 2.24) is 4.98 Å². The first-order valence-corrected chi connectivity index (χ1v) is 6.48. The first-order valence-electron chi connectivity index (χ1n) is 6.48. The van der Waals surface area contributed by atoms with Crippen LogP contribution in [-0.2, 0) is 4.79 Å². The largest absolute Gasteiger partial charge is 0.382 e. The summed E-state index contributed by atoms with van der Waals surface area (Å²) in [5, 5.41) is 5.87. The number of pyridine rings is 1. The van der Waals surface area contributed by atoms with Gasteiger partial charge in [-0.05, 0) is 31.2 Å². The highest BCUT2D eigenvalue weighted by Crippen LogP contribution is 2.21.